The van der Waals surface area contributed by atoms with Crippen molar-refractivity contribution in [2.75, 3.05) is 0 Å². The highest BCUT2D eigenvalue weighted by Gasteiger charge is 2.17. The lowest BCUT2D eigenvalue weighted by Crippen LogP contribution is -2.28. The minimum atomic E-state index is -0.115. The van der Waals surface area contributed by atoms with E-state index < -0.39 is 0 Å². The van der Waals surface area contributed by atoms with Gasteiger partial charge in [-0.05, 0) is 58.8 Å². The van der Waals surface area contributed by atoms with Crippen LogP contribution in [0.4, 0.5) is 0 Å². The number of carbonyl (C=O) groups is 1. The van der Waals surface area contributed by atoms with Gasteiger partial charge in [-0.25, -0.2) is 0 Å². The van der Waals surface area contributed by atoms with E-state index in [1.54, 1.807) is 6.07 Å². The summed E-state index contributed by atoms with van der Waals surface area (Å²) in [5.41, 5.74) is 2.40. The summed E-state index contributed by atoms with van der Waals surface area (Å²) in [4.78, 5) is 12.6. The summed E-state index contributed by atoms with van der Waals surface area (Å²) in [6.45, 7) is 2.02. The number of nitrogens with one attached hydrogen (secondary N) is 2. The molecule has 1 amide bonds. The summed E-state index contributed by atoms with van der Waals surface area (Å²) in [6.07, 6.45) is 0.765. The molecule has 0 fully saturated rings. The van der Waals surface area contributed by atoms with Gasteiger partial charge in [-0.15, -0.1) is 0 Å². The molecule has 0 spiro atoms. The number of fused-ring (bicyclic) bond motifs is 1. The van der Waals surface area contributed by atoms with E-state index in [2.05, 4.69) is 38.1 Å². The molecule has 4 nitrogen and oxygen atoms in total. The highest BCUT2D eigenvalue weighted by atomic mass is 127. The fraction of sp³-hybridized carbons (Fsp3) is 0.176. The second-order valence-corrected chi connectivity index (χ2v) is 6.71. The Morgan fingerprint density at radius 3 is 2.87 bits per heavy atom. The summed E-state index contributed by atoms with van der Waals surface area (Å²) >= 11 is 8.42. The number of halogens is 2. The zero-order valence-electron chi connectivity index (χ0n) is 12.4. The molecular weight excluding hydrogens is 425 g/mol. The van der Waals surface area contributed by atoms with Crippen LogP contribution >= 0.6 is 34.2 Å². The number of carbonyl (C=O) groups excluding carboxylic acids is 1. The Bertz CT molecular complexity index is 862. The maximum absolute atomic E-state index is 12.6. The SMILES string of the molecule is CC[C@@H](NC(=O)c1ccc2n[nH]c(I)c2c1)c1ccccc1Cl. The molecule has 0 bridgehead atoms. The fourth-order valence-electron chi connectivity index (χ4n) is 2.52. The molecule has 1 aromatic heterocycles. The molecule has 23 heavy (non-hydrogen) atoms. The smallest absolute Gasteiger partial charge is 0.251 e. The van der Waals surface area contributed by atoms with Crippen LogP contribution in [0.1, 0.15) is 35.3 Å². The number of hydrogen-bond donors (Lipinski definition) is 2. The molecule has 6 heteroatoms. The Balaban J connectivity index is 1.86. The Morgan fingerprint density at radius 2 is 2.13 bits per heavy atom. The van der Waals surface area contributed by atoms with Crippen LogP contribution < -0.4 is 5.32 Å². The first-order valence-electron chi connectivity index (χ1n) is 7.29. The molecule has 2 N–H and O–H groups in total. The normalized spacial score (nSPS) is 12.3. The standard InChI is InChI=1S/C17H15ClIN3O/c1-2-14(11-5-3-4-6-13(11)18)20-17(23)10-7-8-15-12(9-10)16(19)22-21-15/h3-9,14H,2H2,1H3,(H,20,23)(H,21,22)/t14-/m1/s1. The van der Waals surface area contributed by atoms with Gasteiger partial charge in [0.05, 0.1) is 11.6 Å². The molecule has 0 radical (unpaired) electrons. The first-order chi connectivity index (χ1) is 11.1. The molecular formula is C17H15ClIN3O. The van der Waals surface area contributed by atoms with Gasteiger partial charge in [0.25, 0.3) is 5.91 Å². The number of hydrogen-bond acceptors (Lipinski definition) is 2. The maximum atomic E-state index is 12.6. The van der Waals surface area contributed by atoms with E-state index in [0.717, 1.165) is 26.6 Å². The largest absolute Gasteiger partial charge is 0.345 e. The van der Waals surface area contributed by atoms with Gasteiger partial charge in [0.2, 0.25) is 0 Å². The number of aromatic amines is 1. The van der Waals surface area contributed by atoms with E-state index in [-0.39, 0.29) is 11.9 Å². The van der Waals surface area contributed by atoms with Crippen molar-refractivity contribution >= 4 is 51.0 Å². The lowest BCUT2D eigenvalue weighted by Gasteiger charge is -2.18. The summed E-state index contributed by atoms with van der Waals surface area (Å²) in [6, 6.07) is 13.0. The molecule has 0 saturated heterocycles. The summed E-state index contributed by atoms with van der Waals surface area (Å²) in [5, 5.41) is 11.8. The van der Waals surface area contributed by atoms with Gasteiger partial charge in [-0.2, -0.15) is 5.10 Å². The topological polar surface area (TPSA) is 57.8 Å². The molecule has 3 rings (SSSR count). The second kappa shape index (κ2) is 6.88. The minimum absolute atomic E-state index is 0.115. The monoisotopic (exact) mass is 439 g/mol. The van der Waals surface area contributed by atoms with Gasteiger partial charge in [0.15, 0.2) is 0 Å². The third-order valence-corrected chi connectivity index (χ3v) is 4.93. The van der Waals surface area contributed by atoms with E-state index >= 15 is 0 Å². The van der Waals surface area contributed by atoms with Crippen molar-refractivity contribution in [3.63, 3.8) is 0 Å². The fourth-order valence-corrected chi connectivity index (χ4v) is 3.34. The number of nitrogens with zero attached hydrogens (tertiary/aromatic N) is 1. The van der Waals surface area contributed by atoms with Crippen LogP contribution in [0.2, 0.25) is 5.02 Å². The van der Waals surface area contributed by atoms with E-state index in [9.17, 15) is 4.79 Å². The van der Waals surface area contributed by atoms with Crippen molar-refractivity contribution in [1.82, 2.24) is 15.5 Å². The molecule has 0 unspecified atom stereocenters. The van der Waals surface area contributed by atoms with Crippen molar-refractivity contribution in [2.24, 2.45) is 0 Å². The zero-order valence-corrected chi connectivity index (χ0v) is 15.4. The first-order valence-corrected chi connectivity index (χ1v) is 8.74. The van der Waals surface area contributed by atoms with Crippen molar-refractivity contribution < 1.29 is 4.79 Å². The highest BCUT2D eigenvalue weighted by Crippen LogP contribution is 2.25. The van der Waals surface area contributed by atoms with Crippen LogP contribution in [0.3, 0.4) is 0 Å². The molecule has 3 aromatic rings. The van der Waals surface area contributed by atoms with Gasteiger partial charge in [0.1, 0.15) is 3.70 Å². The van der Waals surface area contributed by atoms with Crippen LogP contribution in [0, 0.1) is 3.70 Å². The van der Waals surface area contributed by atoms with E-state index in [1.807, 2.05) is 43.3 Å². The number of rotatable bonds is 4. The number of aromatic nitrogens is 2. The van der Waals surface area contributed by atoms with Crippen molar-refractivity contribution in [2.45, 2.75) is 19.4 Å². The number of benzene rings is 2. The predicted molar refractivity (Wildman–Crippen MR) is 101 cm³/mol. The Kier molecular flexibility index (Phi) is 4.87. The molecule has 0 aliphatic carbocycles. The average Bonchev–Trinajstić information content (AvgIpc) is 2.94. The average molecular weight is 440 g/mol. The highest BCUT2D eigenvalue weighted by molar-refractivity contribution is 14.1. The molecule has 118 valence electrons. The van der Waals surface area contributed by atoms with Gasteiger partial charge in [-0.3, -0.25) is 9.89 Å². The van der Waals surface area contributed by atoms with Gasteiger partial charge in [-0.1, -0.05) is 36.7 Å². The summed E-state index contributed by atoms with van der Waals surface area (Å²) < 4.78 is 0.922. The molecule has 0 aliphatic heterocycles. The van der Waals surface area contributed by atoms with Crippen molar-refractivity contribution in [3.8, 4) is 0 Å². The Morgan fingerprint density at radius 1 is 1.35 bits per heavy atom. The molecule has 0 aliphatic rings. The van der Waals surface area contributed by atoms with E-state index in [4.69, 9.17) is 11.6 Å². The van der Waals surface area contributed by atoms with Gasteiger partial charge in [0, 0.05) is 16.0 Å². The van der Waals surface area contributed by atoms with E-state index in [1.165, 1.54) is 0 Å². The summed E-state index contributed by atoms with van der Waals surface area (Å²) in [5.74, 6) is -0.115. The molecule has 1 heterocycles. The quantitative estimate of drug-likeness (QED) is 0.579. The molecule has 2 aromatic carbocycles. The Labute approximate surface area is 152 Å². The first kappa shape index (κ1) is 16.3. The lowest BCUT2D eigenvalue weighted by molar-refractivity contribution is 0.0935. The van der Waals surface area contributed by atoms with Crippen LogP contribution in [0.25, 0.3) is 10.9 Å². The third-order valence-electron chi connectivity index (χ3n) is 3.76. The van der Waals surface area contributed by atoms with Gasteiger partial charge < -0.3 is 5.32 Å². The van der Waals surface area contributed by atoms with Crippen molar-refractivity contribution in [3.05, 3.63) is 62.3 Å². The second-order valence-electron chi connectivity index (χ2n) is 5.23. The maximum Gasteiger partial charge on any atom is 0.251 e. The Hall–Kier alpha value is -1.60. The van der Waals surface area contributed by atoms with Crippen molar-refractivity contribution in [1.29, 1.82) is 0 Å². The van der Waals surface area contributed by atoms with Gasteiger partial charge >= 0.3 is 0 Å². The predicted octanol–water partition coefficient (Wildman–Crippen LogP) is 4.70. The van der Waals surface area contributed by atoms with E-state index in [0.29, 0.717) is 10.6 Å². The number of H-pyrrole nitrogens is 1. The molecule has 0 saturated carbocycles. The lowest BCUT2D eigenvalue weighted by atomic mass is 10.0. The van der Waals surface area contributed by atoms with Crippen LogP contribution in [-0.2, 0) is 0 Å². The summed E-state index contributed by atoms with van der Waals surface area (Å²) in [7, 11) is 0. The zero-order chi connectivity index (χ0) is 16.4. The molecule has 1 atom stereocenters. The number of amides is 1. The third kappa shape index (κ3) is 3.35. The van der Waals surface area contributed by atoms with Crippen LogP contribution in [0.15, 0.2) is 42.5 Å². The van der Waals surface area contributed by atoms with Crippen LogP contribution in [-0.4, -0.2) is 16.1 Å². The van der Waals surface area contributed by atoms with Crippen LogP contribution in [0.5, 0.6) is 0 Å². The minimum Gasteiger partial charge on any atom is -0.345 e.